The standard InChI is InChI=1S/C15H10ClFO4/c16-12-4-9(5-13-14(12)21-8-20-13)7-19-15(18)10-2-1-3-11(17)6-10/h1-6H,7-8H2. The highest BCUT2D eigenvalue weighted by Gasteiger charge is 2.19. The summed E-state index contributed by atoms with van der Waals surface area (Å²) in [4.78, 5) is 11.8. The van der Waals surface area contributed by atoms with Crippen molar-refractivity contribution in [2.75, 3.05) is 6.79 Å². The van der Waals surface area contributed by atoms with Crippen LogP contribution in [0, 0.1) is 5.82 Å². The molecular formula is C15H10ClFO4. The first-order valence-electron chi connectivity index (χ1n) is 6.14. The highest BCUT2D eigenvalue weighted by Crippen LogP contribution is 2.39. The Morgan fingerprint density at radius 2 is 2.14 bits per heavy atom. The van der Waals surface area contributed by atoms with Gasteiger partial charge in [-0.15, -0.1) is 0 Å². The van der Waals surface area contributed by atoms with Crippen LogP contribution >= 0.6 is 11.6 Å². The summed E-state index contributed by atoms with van der Waals surface area (Å²) >= 11 is 6.03. The Hall–Kier alpha value is -2.27. The molecule has 1 aliphatic heterocycles. The number of ether oxygens (including phenoxy) is 3. The summed E-state index contributed by atoms with van der Waals surface area (Å²) in [7, 11) is 0. The number of carbonyl (C=O) groups is 1. The van der Waals surface area contributed by atoms with Crippen molar-refractivity contribution in [3.05, 3.63) is 58.4 Å². The van der Waals surface area contributed by atoms with Gasteiger partial charge >= 0.3 is 5.97 Å². The lowest BCUT2D eigenvalue weighted by atomic mass is 10.2. The van der Waals surface area contributed by atoms with Gasteiger partial charge < -0.3 is 14.2 Å². The quantitative estimate of drug-likeness (QED) is 0.813. The van der Waals surface area contributed by atoms with Gasteiger partial charge in [-0.3, -0.25) is 0 Å². The molecule has 4 nitrogen and oxygen atoms in total. The normalized spacial score (nSPS) is 12.3. The summed E-state index contributed by atoms with van der Waals surface area (Å²) < 4.78 is 28.6. The Morgan fingerprint density at radius 1 is 1.29 bits per heavy atom. The van der Waals surface area contributed by atoms with Gasteiger partial charge in [0.2, 0.25) is 6.79 Å². The van der Waals surface area contributed by atoms with Crippen molar-refractivity contribution in [3.63, 3.8) is 0 Å². The summed E-state index contributed by atoms with van der Waals surface area (Å²) in [5, 5.41) is 0.391. The molecule has 21 heavy (non-hydrogen) atoms. The van der Waals surface area contributed by atoms with Gasteiger partial charge in [0.1, 0.15) is 12.4 Å². The van der Waals surface area contributed by atoms with Crippen molar-refractivity contribution in [1.82, 2.24) is 0 Å². The van der Waals surface area contributed by atoms with Gasteiger partial charge in [0.25, 0.3) is 0 Å². The molecule has 1 heterocycles. The van der Waals surface area contributed by atoms with E-state index in [0.29, 0.717) is 22.1 Å². The van der Waals surface area contributed by atoms with Crippen molar-refractivity contribution >= 4 is 17.6 Å². The van der Waals surface area contributed by atoms with Gasteiger partial charge in [0.05, 0.1) is 10.6 Å². The molecule has 0 N–H and O–H groups in total. The zero-order valence-electron chi connectivity index (χ0n) is 10.8. The largest absolute Gasteiger partial charge is 0.457 e. The Bertz CT molecular complexity index is 702. The fraction of sp³-hybridized carbons (Fsp3) is 0.133. The molecule has 2 aromatic carbocycles. The van der Waals surface area contributed by atoms with Crippen LogP contribution in [0.15, 0.2) is 36.4 Å². The van der Waals surface area contributed by atoms with Crippen LogP contribution in [0.25, 0.3) is 0 Å². The zero-order valence-corrected chi connectivity index (χ0v) is 11.5. The van der Waals surface area contributed by atoms with Crippen LogP contribution in [0.1, 0.15) is 15.9 Å². The van der Waals surface area contributed by atoms with Crippen LogP contribution in [0.5, 0.6) is 11.5 Å². The van der Waals surface area contributed by atoms with Crippen LogP contribution in [-0.2, 0) is 11.3 Å². The molecule has 0 atom stereocenters. The molecule has 0 fully saturated rings. The van der Waals surface area contributed by atoms with Crippen LogP contribution < -0.4 is 9.47 Å². The van der Waals surface area contributed by atoms with Crippen molar-refractivity contribution < 1.29 is 23.4 Å². The second-order valence-corrected chi connectivity index (χ2v) is 4.81. The number of hydrogen-bond acceptors (Lipinski definition) is 4. The van der Waals surface area contributed by atoms with Crippen molar-refractivity contribution in [2.45, 2.75) is 6.61 Å². The summed E-state index contributed by atoms with van der Waals surface area (Å²) in [5.41, 5.74) is 0.816. The first kappa shape index (κ1) is 13.7. The third-order valence-corrected chi connectivity index (χ3v) is 3.20. The molecule has 0 bridgehead atoms. The van der Waals surface area contributed by atoms with Gasteiger partial charge in [-0.25, -0.2) is 9.18 Å². The molecule has 0 aromatic heterocycles. The first-order valence-corrected chi connectivity index (χ1v) is 6.52. The molecule has 2 aromatic rings. The molecule has 3 rings (SSSR count). The lowest BCUT2D eigenvalue weighted by Gasteiger charge is -2.07. The predicted octanol–water partition coefficient (Wildman–Crippen LogP) is 3.56. The monoisotopic (exact) mass is 308 g/mol. The van der Waals surface area contributed by atoms with Crippen LogP contribution in [0.4, 0.5) is 4.39 Å². The molecule has 0 amide bonds. The molecule has 0 saturated carbocycles. The lowest BCUT2D eigenvalue weighted by Crippen LogP contribution is -2.05. The second-order valence-electron chi connectivity index (χ2n) is 4.40. The fourth-order valence-electron chi connectivity index (χ4n) is 1.95. The van der Waals surface area contributed by atoms with E-state index in [1.807, 2.05) is 0 Å². The van der Waals surface area contributed by atoms with E-state index >= 15 is 0 Å². The maximum absolute atomic E-state index is 13.0. The number of halogens is 2. The molecule has 108 valence electrons. The third kappa shape index (κ3) is 2.92. The number of benzene rings is 2. The van der Waals surface area contributed by atoms with Crippen molar-refractivity contribution in [1.29, 1.82) is 0 Å². The number of carbonyl (C=O) groups excluding carboxylic acids is 1. The number of fused-ring (bicyclic) bond motifs is 1. The minimum absolute atomic E-state index is 0.00566. The van der Waals surface area contributed by atoms with E-state index in [2.05, 4.69) is 0 Å². The highest BCUT2D eigenvalue weighted by molar-refractivity contribution is 6.32. The van der Waals surface area contributed by atoms with Crippen molar-refractivity contribution in [2.24, 2.45) is 0 Å². The van der Waals surface area contributed by atoms with Crippen LogP contribution in [0.2, 0.25) is 5.02 Å². The number of hydrogen-bond donors (Lipinski definition) is 0. The zero-order chi connectivity index (χ0) is 14.8. The van der Waals surface area contributed by atoms with E-state index in [1.165, 1.54) is 18.2 Å². The Kier molecular flexibility index (Phi) is 3.66. The van der Waals surface area contributed by atoms with Crippen LogP contribution in [-0.4, -0.2) is 12.8 Å². The van der Waals surface area contributed by atoms with Crippen LogP contribution in [0.3, 0.4) is 0 Å². The highest BCUT2D eigenvalue weighted by atomic mass is 35.5. The molecule has 6 heteroatoms. The van der Waals surface area contributed by atoms with E-state index in [4.69, 9.17) is 25.8 Å². The van der Waals surface area contributed by atoms with Gasteiger partial charge in [-0.1, -0.05) is 17.7 Å². The van der Waals surface area contributed by atoms with E-state index < -0.39 is 11.8 Å². The average molecular weight is 309 g/mol. The fourth-order valence-corrected chi connectivity index (χ4v) is 2.24. The molecular weight excluding hydrogens is 299 g/mol. The topological polar surface area (TPSA) is 44.8 Å². The molecule has 0 spiro atoms. The molecule has 0 unspecified atom stereocenters. The Labute approximate surface area is 125 Å². The van der Waals surface area contributed by atoms with Gasteiger partial charge in [-0.05, 0) is 35.9 Å². The van der Waals surface area contributed by atoms with E-state index in [-0.39, 0.29) is 19.0 Å². The summed E-state index contributed by atoms with van der Waals surface area (Å²) in [6.45, 7) is 0.118. The SMILES string of the molecule is O=C(OCc1cc(Cl)c2c(c1)OCO2)c1cccc(F)c1. The Morgan fingerprint density at radius 3 is 2.95 bits per heavy atom. The first-order chi connectivity index (χ1) is 10.1. The average Bonchev–Trinajstić information content (AvgIpc) is 2.93. The second kappa shape index (κ2) is 5.61. The van der Waals surface area contributed by atoms with E-state index in [1.54, 1.807) is 12.1 Å². The minimum atomic E-state index is -0.608. The van der Waals surface area contributed by atoms with Crippen molar-refractivity contribution in [3.8, 4) is 11.5 Å². The number of esters is 1. The molecule has 1 aliphatic rings. The summed E-state index contributed by atoms with van der Waals surface area (Å²) in [6.07, 6.45) is 0. The molecule has 0 saturated heterocycles. The third-order valence-electron chi connectivity index (χ3n) is 2.92. The maximum Gasteiger partial charge on any atom is 0.338 e. The van der Waals surface area contributed by atoms with E-state index in [0.717, 1.165) is 6.07 Å². The van der Waals surface area contributed by atoms with Gasteiger partial charge in [0, 0.05) is 0 Å². The van der Waals surface area contributed by atoms with Gasteiger partial charge in [-0.2, -0.15) is 0 Å². The minimum Gasteiger partial charge on any atom is -0.457 e. The summed E-state index contributed by atoms with van der Waals surface area (Å²) in [5.74, 6) is -0.102. The maximum atomic E-state index is 13.0. The predicted molar refractivity (Wildman–Crippen MR) is 73.1 cm³/mol. The lowest BCUT2D eigenvalue weighted by molar-refractivity contribution is 0.0472. The Balaban J connectivity index is 1.71. The smallest absolute Gasteiger partial charge is 0.338 e. The summed E-state index contributed by atoms with van der Waals surface area (Å²) in [6, 6.07) is 8.63. The molecule has 0 radical (unpaired) electrons. The molecule has 0 aliphatic carbocycles. The van der Waals surface area contributed by atoms with E-state index in [9.17, 15) is 9.18 Å². The number of rotatable bonds is 3. The van der Waals surface area contributed by atoms with Gasteiger partial charge in [0.15, 0.2) is 11.5 Å².